The molecule has 0 aromatic carbocycles. The van der Waals surface area contributed by atoms with Gasteiger partial charge in [-0.05, 0) is 24.0 Å². The van der Waals surface area contributed by atoms with Crippen molar-refractivity contribution >= 4 is 0 Å². The fourth-order valence-corrected chi connectivity index (χ4v) is 2.92. The minimum absolute atomic E-state index is 0.319. The predicted octanol–water partition coefficient (Wildman–Crippen LogP) is 1.07. The van der Waals surface area contributed by atoms with Crippen molar-refractivity contribution in [1.29, 1.82) is 0 Å². The normalized spacial score (nSPS) is 18.3. The third kappa shape index (κ3) is 2.72. The Morgan fingerprint density at radius 1 is 1.35 bits per heavy atom. The molecule has 108 valence electrons. The molecule has 7 heteroatoms. The molecular weight excluding hydrogens is 256 g/mol. The molecule has 1 fully saturated rings. The zero-order valence-corrected chi connectivity index (χ0v) is 11.7. The van der Waals surface area contributed by atoms with Crippen LogP contribution in [0.3, 0.4) is 0 Å². The number of tetrazole rings is 1. The van der Waals surface area contributed by atoms with Crippen LogP contribution < -0.4 is 0 Å². The quantitative estimate of drug-likeness (QED) is 0.903. The van der Waals surface area contributed by atoms with Crippen LogP contribution in [0.15, 0.2) is 12.4 Å². The number of aliphatic hydroxyl groups is 1. The Balaban J connectivity index is 1.75. The van der Waals surface area contributed by atoms with Crippen LogP contribution in [-0.2, 0) is 13.6 Å². The van der Waals surface area contributed by atoms with Gasteiger partial charge >= 0.3 is 0 Å². The Morgan fingerprint density at radius 2 is 2.15 bits per heavy atom. The van der Waals surface area contributed by atoms with Crippen LogP contribution in [0.2, 0.25) is 0 Å². The summed E-state index contributed by atoms with van der Waals surface area (Å²) in [7, 11) is 1.74. The predicted molar refractivity (Wildman–Crippen MR) is 71.7 cm³/mol. The van der Waals surface area contributed by atoms with E-state index in [0.29, 0.717) is 24.1 Å². The van der Waals surface area contributed by atoms with Crippen LogP contribution >= 0.6 is 0 Å². The maximum absolute atomic E-state index is 10.6. The van der Waals surface area contributed by atoms with E-state index in [9.17, 15) is 5.11 Å². The molecule has 0 aliphatic heterocycles. The maximum Gasteiger partial charge on any atom is 0.194 e. The Hall–Kier alpha value is -1.76. The topological polar surface area (TPSA) is 81.7 Å². The molecule has 0 saturated heterocycles. The van der Waals surface area contributed by atoms with E-state index in [-0.39, 0.29) is 0 Å². The Bertz CT molecular complexity index is 557. The van der Waals surface area contributed by atoms with Crippen LogP contribution in [-0.4, -0.2) is 34.9 Å². The van der Waals surface area contributed by atoms with Gasteiger partial charge in [-0.25, -0.2) is 4.98 Å². The lowest BCUT2D eigenvalue weighted by Gasteiger charge is -2.26. The van der Waals surface area contributed by atoms with Crippen LogP contribution in [0.1, 0.15) is 49.9 Å². The van der Waals surface area contributed by atoms with Crippen LogP contribution in [0.5, 0.6) is 0 Å². The average Bonchev–Trinajstić information content (AvgIpc) is 3.09. The van der Waals surface area contributed by atoms with Gasteiger partial charge in [-0.3, -0.25) is 0 Å². The number of aromatic nitrogens is 6. The SMILES string of the molecule is Cn1nnc(Cn2ccnc2C(O)C2CCCCC2)n1. The molecule has 3 rings (SSSR count). The lowest BCUT2D eigenvalue weighted by molar-refractivity contribution is 0.0742. The number of imidazole rings is 1. The van der Waals surface area contributed by atoms with Gasteiger partial charge in [-0.1, -0.05) is 19.3 Å². The van der Waals surface area contributed by atoms with Gasteiger partial charge < -0.3 is 9.67 Å². The Labute approximate surface area is 117 Å². The fourth-order valence-electron chi connectivity index (χ4n) is 2.92. The summed E-state index contributed by atoms with van der Waals surface area (Å²) in [5.41, 5.74) is 0. The van der Waals surface area contributed by atoms with Crippen molar-refractivity contribution in [2.75, 3.05) is 0 Å². The van der Waals surface area contributed by atoms with E-state index in [0.717, 1.165) is 12.8 Å². The summed E-state index contributed by atoms with van der Waals surface area (Å²) in [4.78, 5) is 5.76. The zero-order chi connectivity index (χ0) is 13.9. The molecule has 2 aromatic rings. The smallest absolute Gasteiger partial charge is 0.194 e. The van der Waals surface area contributed by atoms with E-state index < -0.39 is 6.10 Å². The lowest BCUT2D eigenvalue weighted by atomic mass is 9.85. The molecule has 2 aromatic heterocycles. The highest BCUT2D eigenvalue weighted by atomic mass is 16.3. The number of aryl methyl sites for hydroxylation is 1. The van der Waals surface area contributed by atoms with Gasteiger partial charge in [0.15, 0.2) is 5.82 Å². The summed E-state index contributed by atoms with van der Waals surface area (Å²) in [6, 6.07) is 0. The molecule has 1 aliphatic carbocycles. The summed E-state index contributed by atoms with van der Waals surface area (Å²) in [6.45, 7) is 0.493. The summed E-state index contributed by atoms with van der Waals surface area (Å²) < 4.78 is 1.91. The molecule has 7 nitrogen and oxygen atoms in total. The molecular formula is C13H20N6O. The number of aliphatic hydroxyl groups excluding tert-OH is 1. The molecule has 0 radical (unpaired) electrons. The summed E-state index contributed by atoms with van der Waals surface area (Å²) in [5, 5.41) is 22.5. The van der Waals surface area contributed by atoms with E-state index in [2.05, 4.69) is 20.4 Å². The van der Waals surface area contributed by atoms with E-state index >= 15 is 0 Å². The summed E-state index contributed by atoms with van der Waals surface area (Å²) in [6.07, 6.45) is 8.93. The van der Waals surface area contributed by atoms with Crippen molar-refractivity contribution in [2.45, 2.75) is 44.8 Å². The van der Waals surface area contributed by atoms with Crippen molar-refractivity contribution in [3.05, 3.63) is 24.0 Å². The monoisotopic (exact) mass is 276 g/mol. The highest BCUT2D eigenvalue weighted by Gasteiger charge is 2.26. The highest BCUT2D eigenvalue weighted by Crippen LogP contribution is 2.33. The van der Waals surface area contributed by atoms with Gasteiger partial charge in [-0.2, -0.15) is 4.80 Å². The molecule has 0 amide bonds. The van der Waals surface area contributed by atoms with Crippen molar-refractivity contribution in [2.24, 2.45) is 13.0 Å². The number of nitrogens with zero attached hydrogens (tertiary/aromatic N) is 6. The third-order valence-electron chi connectivity index (χ3n) is 3.97. The van der Waals surface area contributed by atoms with E-state index in [4.69, 9.17) is 0 Å². The molecule has 1 unspecified atom stereocenters. The first-order chi connectivity index (χ1) is 9.74. The van der Waals surface area contributed by atoms with Gasteiger partial charge in [0.1, 0.15) is 11.9 Å². The Morgan fingerprint density at radius 3 is 2.85 bits per heavy atom. The summed E-state index contributed by atoms with van der Waals surface area (Å²) in [5.74, 6) is 1.66. The van der Waals surface area contributed by atoms with Crippen molar-refractivity contribution in [3.63, 3.8) is 0 Å². The van der Waals surface area contributed by atoms with Crippen LogP contribution in [0.4, 0.5) is 0 Å². The molecule has 2 heterocycles. The minimum atomic E-state index is -0.498. The average molecular weight is 276 g/mol. The number of hydrogen-bond acceptors (Lipinski definition) is 5. The van der Waals surface area contributed by atoms with Crippen molar-refractivity contribution in [3.8, 4) is 0 Å². The van der Waals surface area contributed by atoms with Crippen LogP contribution in [0.25, 0.3) is 0 Å². The number of hydrogen-bond donors (Lipinski definition) is 1. The van der Waals surface area contributed by atoms with Crippen LogP contribution in [0, 0.1) is 5.92 Å². The molecule has 1 atom stereocenters. The molecule has 1 saturated carbocycles. The second kappa shape index (κ2) is 5.70. The maximum atomic E-state index is 10.6. The molecule has 0 spiro atoms. The van der Waals surface area contributed by atoms with Crippen molar-refractivity contribution < 1.29 is 5.11 Å². The molecule has 0 bridgehead atoms. The van der Waals surface area contributed by atoms with Gasteiger partial charge in [-0.15, -0.1) is 10.2 Å². The third-order valence-corrected chi connectivity index (χ3v) is 3.97. The molecule has 20 heavy (non-hydrogen) atoms. The second-order valence-electron chi connectivity index (χ2n) is 5.45. The van der Waals surface area contributed by atoms with Gasteiger partial charge in [0, 0.05) is 12.4 Å². The fraction of sp³-hybridized carbons (Fsp3) is 0.692. The Kier molecular flexibility index (Phi) is 3.77. The van der Waals surface area contributed by atoms with Gasteiger partial charge in [0.05, 0.1) is 13.6 Å². The lowest BCUT2D eigenvalue weighted by Crippen LogP contribution is -2.20. The second-order valence-corrected chi connectivity index (χ2v) is 5.45. The number of rotatable bonds is 4. The zero-order valence-electron chi connectivity index (χ0n) is 11.7. The van der Waals surface area contributed by atoms with Gasteiger partial charge in [0.2, 0.25) is 0 Å². The first-order valence-corrected chi connectivity index (χ1v) is 7.16. The minimum Gasteiger partial charge on any atom is -0.385 e. The molecule has 1 aliphatic rings. The van der Waals surface area contributed by atoms with Gasteiger partial charge in [0.25, 0.3) is 0 Å². The van der Waals surface area contributed by atoms with Crippen molar-refractivity contribution in [1.82, 2.24) is 29.8 Å². The first-order valence-electron chi connectivity index (χ1n) is 7.16. The van der Waals surface area contributed by atoms with E-state index in [1.165, 1.54) is 24.1 Å². The molecule has 1 N–H and O–H groups in total. The highest BCUT2D eigenvalue weighted by molar-refractivity contribution is 5.01. The van der Waals surface area contributed by atoms with E-state index in [1.54, 1.807) is 13.2 Å². The largest absolute Gasteiger partial charge is 0.385 e. The first kappa shape index (κ1) is 13.2. The summed E-state index contributed by atoms with van der Waals surface area (Å²) >= 11 is 0. The standard InChI is InChI=1S/C13H20N6O/c1-18-16-11(15-17-18)9-19-8-7-14-13(19)12(20)10-5-3-2-4-6-10/h7-8,10,12,20H,2-6,9H2,1H3. The van der Waals surface area contributed by atoms with E-state index in [1.807, 2.05) is 10.8 Å².